The molecule has 96 valence electrons. The van der Waals surface area contributed by atoms with Gasteiger partial charge in [0, 0.05) is 18.0 Å². The maximum atomic E-state index is 11.8. The zero-order chi connectivity index (χ0) is 13.1. The van der Waals surface area contributed by atoms with Gasteiger partial charge in [0.15, 0.2) is 0 Å². The summed E-state index contributed by atoms with van der Waals surface area (Å²) < 4.78 is 0. The van der Waals surface area contributed by atoms with Crippen LogP contribution in [0, 0.1) is 0 Å². The van der Waals surface area contributed by atoms with Crippen LogP contribution in [-0.2, 0) is 4.79 Å². The Hall–Kier alpha value is -1.28. The second kappa shape index (κ2) is 5.57. The first-order chi connectivity index (χ1) is 8.63. The van der Waals surface area contributed by atoms with Gasteiger partial charge in [-0.3, -0.25) is 4.79 Å². The number of hydrogen-bond acceptors (Lipinski definition) is 1. The van der Waals surface area contributed by atoms with Crippen LogP contribution in [0.2, 0.25) is 5.02 Å². The highest BCUT2D eigenvalue weighted by Crippen LogP contribution is 2.27. The molecule has 1 aromatic carbocycles. The normalized spacial score (nSPS) is 17.0. The van der Waals surface area contributed by atoms with Gasteiger partial charge in [0.25, 0.3) is 0 Å². The topological polar surface area (TPSA) is 20.3 Å². The Balaban J connectivity index is 2.19. The lowest BCUT2D eigenvalue weighted by Crippen LogP contribution is -2.36. The molecule has 1 aliphatic rings. The molecule has 1 saturated heterocycles. The SMILES string of the molecule is C=C(c1ccc(Cl)cc1)C(CC)N1CCCC1=O. The molecule has 1 aliphatic heterocycles. The Morgan fingerprint density at radius 1 is 1.44 bits per heavy atom. The molecule has 18 heavy (non-hydrogen) atoms. The number of amides is 1. The van der Waals surface area contributed by atoms with Crippen molar-refractivity contribution in [2.24, 2.45) is 0 Å². The summed E-state index contributed by atoms with van der Waals surface area (Å²) in [4.78, 5) is 13.8. The fourth-order valence-electron chi connectivity index (χ4n) is 2.51. The van der Waals surface area contributed by atoms with Gasteiger partial charge in [0.05, 0.1) is 6.04 Å². The van der Waals surface area contributed by atoms with E-state index in [0.29, 0.717) is 6.42 Å². The molecule has 1 heterocycles. The first-order valence-corrected chi connectivity index (χ1v) is 6.75. The van der Waals surface area contributed by atoms with E-state index in [-0.39, 0.29) is 11.9 Å². The molecule has 1 unspecified atom stereocenters. The number of carbonyl (C=O) groups excluding carboxylic acids is 1. The van der Waals surface area contributed by atoms with Crippen molar-refractivity contribution in [3.8, 4) is 0 Å². The van der Waals surface area contributed by atoms with E-state index in [1.165, 1.54) is 0 Å². The number of carbonyl (C=O) groups is 1. The minimum absolute atomic E-state index is 0.112. The van der Waals surface area contributed by atoms with Crippen LogP contribution in [0.25, 0.3) is 5.57 Å². The predicted octanol–water partition coefficient (Wildman–Crippen LogP) is 3.75. The van der Waals surface area contributed by atoms with Crippen LogP contribution >= 0.6 is 11.6 Å². The highest BCUT2D eigenvalue weighted by molar-refractivity contribution is 6.30. The fraction of sp³-hybridized carbons (Fsp3) is 0.400. The van der Waals surface area contributed by atoms with Crippen LogP contribution < -0.4 is 0 Å². The fourth-order valence-corrected chi connectivity index (χ4v) is 2.64. The van der Waals surface area contributed by atoms with E-state index in [9.17, 15) is 4.79 Å². The molecular weight excluding hydrogens is 246 g/mol. The highest BCUT2D eigenvalue weighted by atomic mass is 35.5. The van der Waals surface area contributed by atoms with E-state index in [1.54, 1.807) is 0 Å². The van der Waals surface area contributed by atoms with Crippen LogP contribution in [0.3, 0.4) is 0 Å². The molecule has 0 N–H and O–H groups in total. The third kappa shape index (κ3) is 2.59. The van der Waals surface area contributed by atoms with Crippen LogP contribution in [0.4, 0.5) is 0 Å². The van der Waals surface area contributed by atoms with Crippen LogP contribution in [-0.4, -0.2) is 23.4 Å². The summed E-state index contributed by atoms with van der Waals surface area (Å²) in [6, 6.07) is 7.77. The second-order valence-corrected chi connectivity index (χ2v) is 5.08. The highest BCUT2D eigenvalue weighted by Gasteiger charge is 2.28. The average molecular weight is 264 g/mol. The lowest BCUT2D eigenvalue weighted by molar-refractivity contribution is -0.128. The van der Waals surface area contributed by atoms with Gasteiger partial charge in [0.2, 0.25) is 5.91 Å². The van der Waals surface area contributed by atoms with Crippen molar-refractivity contribution in [1.82, 2.24) is 4.90 Å². The number of halogens is 1. The van der Waals surface area contributed by atoms with Gasteiger partial charge >= 0.3 is 0 Å². The second-order valence-electron chi connectivity index (χ2n) is 4.65. The quantitative estimate of drug-likeness (QED) is 0.810. The van der Waals surface area contributed by atoms with Gasteiger partial charge in [0.1, 0.15) is 0 Å². The Morgan fingerprint density at radius 3 is 2.61 bits per heavy atom. The van der Waals surface area contributed by atoms with Crippen molar-refractivity contribution in [2.45, 2.75) is 32.2 Å². The smallest absolute Gasteiger partial charge is 0.223 e. The molecule has 1 fully saturated rings. The maximum Gasteiger partial charge on any atom is 0.223 e. The average Bonchev–Trinajstić information content (AvgIpc) is 2.78. The summed E-state index contributed by atoms with van der Waals surface area (Å²) >= 11 is 5.89. The third-order valence-electron chi connectivity index (χ3n) is 3.49. The van der Waals surface area contributed by atoms with Gasteiger partial charge in [-0.1, -0.05) is 37.2 Å². The van der Waals surface area contributed by atoms with Crippen molar-refractivity contribution in [1.29, 1.82) is 0 Å². The van der Waals surface area contributed by atoms with Gasteiger partial charge in [-0.15, -0.1) is 0 Å². The minimum atomic E-state index is 0.112. The molecule has 1 amide bonds. The number of likely N-dealkylation sites (tertiary alicyclic amines) is 1. The summed E-state index contributed by atoms with van der Waals surface area (Å²) in [6.45, 7) is 7.11. The van der Waals surface area contributed by atoms with Crippen molar-refractivity contribution >= 4 is 23.1 Å². The molecule has 0 bridgehead atoms. The van der Waals surface area contributed by atoms with E-state index in [0.717, 1.165) is 35.5 Å². The molecule has 2 rings (SSSR count). The summed E-state index contributed by atoms with van der Waals surface area (Å²) in [5, 5.41) is 0.719. The predicted molar refractivity (Wildman–Crippen MR) is 75.5 cm³/mol. The van der Waals surface area contributed by atoms with Gasteiger partial charge < -0.3 is 4.90 Å². The number of benzene rings is 1. The lowest BCUT2D eigenvalue weighted by atomic mass is 9.97. The molecule has 0 aliphatic carbocycles. The Labute approximate surface area is 113 Å². The lowest BCUT2D eigenvalue weighted by Gasteiger charge is -2.29. The van der Waals surface area contributed by atoms with Gasteiger partial charge in [-0.25, -0.2) is 0 Å². The molecule has 0 spiro atoms. The number of nitrogens with zero attached hydrogens (tertiary/aromatic N) is 1. The Bertz CT molecular complexity index is 452. The Kier molecular flexibility index (Phi) is 4.07. The van der Waals surface area contributed by atoms with E-state index < -0.39 is 0 Å². The molecule has 3 heteroatoms. The maximum absolute atomic E-state index is 11.8. The molecule has 0 aromatic heterocycles. The zero-order valence-electron chi connectivity index (χ0n) is 10.7. The minimum Gasteiger partial charge on any atom is -0.336 e. The van der Waals surface area contributed by atoms with Crippen LogP contribution in [0.15, 0.2) is 30.8 Å². The zero-order valence-corrected chi connectivity index (χ0v) is 11.4. The third-order valence-corrected chi connectivity index (χ3v) is 3.74. The summed E-state index contributed by atoms with van der Waals surface area (Å²) in [5.74, 6) is 0.247. The molecule has 0 radical (unpaired) electrons. The number of rotatable bonds is 4. The summed E-state index contributed by atoms with van der Waals surface area (Å²) in [6.07, 6.45) is 2.53. The van der Waals surface area contributed by atoms with Crippen molar-refractivity contribution in [3.05, 3.63) is 41.4 Å². The van der Waals surface area contributed by atoms with Crippen molar-refractivity contribution in [3.63, 3.8) is 0 Å². The number of hydrogen-bond donors (Lipinski definition) is 0. The van der Waals surface area contributed by atoms with E-state index in [1.807, 2.05) is 29.2 Å². The monoisotopic (exact) mass is 263 g/mol. The summed E-state index contributed by atoms with van der Waals surface area (Å²) in [5.41, 5.74) is 2.07. The molecule has 2 nitrogen and oxygen atoms in total. The molecular formula is C15H18ClNO. The first kappa shape index (κ1) is 13.2. The van der Waals surface area contributed by atoms with E-state index >= 15 is 0 Å². The van der Waals surface area contributed by atoms with Gasteiger partial charge in [-0.05, 0) is 36.1 Å². The van der Waals surface area contributed by atoms with Crippen LogP contribution in [0.5, 0.6) is 0 Å². The van der Waals surface area contributed by atoms with E-state index in [2.05, 4.69) is 13.5 Å². The molecule has 0 saturated carbocycles. The summed E-state index contributed by atoms with van der Waals surface area (Å²) in [7, 11) is 0. The molecule has 1 aromatic rings. The van der Waals surface area contributed by atoms with Crippen molar-refractivity contribution < 1.29 is 4.79 Å². The van der Waals surface area contributed by atoms with E-state index in [4.69, 9.17) is 11.6 Å². The largest absolute Gasteiger partial charge is 0.336 e. The van der Waals surface area contributed by atoms with Crippen LogP contribution in [0.1, 0.15) is 31.7 Å². The Morgan fingerprint density at radius 2 is 2.11 bits per heavy atom. The molecule has 1 atom stereocenters. The standard InChI is InChI=1S/C15H18ClNO/c1-3-14(17-10-4-5-15(17)18)11(2)12-6-8-13(16)9-7-12/h6-9,14H,2-5,10H2,1H3. The van der Waals surface area contributed by atoms with Crippen molar-refractivity contribution in [2.75, 3.05) is 6.54 Å². The first-order valence-electron chi connectivity index (χ1n) is 6.37. The van der Waals surface area contributed by atoms with Gasteiger partial charge in [-0.2, -0.15) is 0 Å².